The Morgan fingerprint density at radius 2 is 1.43 bits per heavy atom. The number of hydrogen-bond acceptors (Lipinski definition) is 6. The lowest BCUT2D eigenvalue weighted by molar-refractivity contribution is -0.129. The van der Waals surface area contributed by atoms with Crippen LogP contribution < -0.4 is 18.7 Å². The fourth-order valence-corrected chi connectivity index (χ4v) is 5.52. The molecule has 0 aromatic heterocycles. The van der Waals surface area contributed by atoms with Crippen LogP contribution in [0, 0.1) is 0 Å². The number of anilines is 2. The summed E-state index contributed by atoms with van der Waals surface area (Å²) in [6.45, 7) is 2.11. The molecule has 35 heavy (non-hydrogen) atoms. The summed E-state index contributed by atoms with van der Waals surface area (Å²) < 4.78 is 39.1. The van der Waals surface area contributed by atoms with Crippen molar-refractivity contribution in [1.29, 1.82) is 0 Å². The minimum absolute atomic E-state index is 0.0145. The zero-order valence-corrected chi connectivity index (χ0v) is 20.6. The molecule has 1 aliphatic heterocycles. The lowest BCUT2D eigenvalue weighted by atomic mass is 10.2. The minimum atomic E-state index is -4.06. The van der Waals surface area contributed by atoms with Crippen LogP contribution in [0.5, 0.6) is 11.5 Å². The van der Waals surface area contributed by atoms with E-state index in [0.29, 0.717) is 43.4 Å². The monoisotopic (exact) mass is 495 g/mol. The van der Waals surface area contributed by atoms with Gasteiger partial charge in [-0.15, -0.1) is 0 Å². The van der Waals surface area contributed by atoms with E-state index in [9.17, 15) is 13.2 Å². The van der Waals surface area contributed by atoms with Crippen LogP contribution >= 0.6 is 0 Å². The number of hydrogen-bond donors (Lipinski definition) is 0. The van der Waals surface area contributed by atoms with Crippen LogP contribution in [-0.2, 0) is 14.8 Å². The average Bonchev–Trinajstić information content (AvgIpc) is 2.92. The summed E-state index contributed by atoms with van der Waals surface area (Å²) in [5, 5.41) is 0. The lowest BCUT2D eigenvalue weighted by Crippen LogP contribution is -2.52. The maximum Gasteiger partial charge on any atom is 0.264 e. The van der Waals surface area contributed by atoms with Gasteiger partial charge < -0.3 is 19.3 Å². The minimum Gasteiger partial charge on any atom is -0.493 e. The molecular weight excluding hydrogens is 466 g/mol. The maximum absolute atomic E-state index is 13.7. The third-order valence-corrected chi connectivity index (χ3v) is 7.79. The van der Waals surface area contributed by atoms with Crippen molar-refractivity contribution in [3.05, 3.63) is 78.9 Å². The van der Waals surface area contributed by atoms with E-state index in [1.165, 1.54) is 26.4 Å². The molecule has 0 unspecified atom stereocenters. The molecule has 1 saturated heterocycles. The third-order valence-electron chi connectivity index (χ3n) is 6.02. The zero-order valence-electron chi connectivity index (χ0n) is 19.8. The molecule has 1 aliphatic rings. The topological polar surface area (TPSA) is 79.4 Å². The number of ether oxygens (including phenoxy) is 2. The van der Waals surface area contributed by atoms with Crippen molar-refractivity contribution in [2.75, 3.05) is 56.1 Å². The third kappa shape index (κ3) is 5.35. The van der Waals surface area contributed by atoms with Crippen LogP contribution in [-0.4, -0.2) is 66.2 Å². The van der Waals surface area contributed by atoms with Gasteiger partial charge in [0.15, 0.2) is 11.5 Å². The van der Waals surface area contributed by atoms with Crippen molar-refractivity contribution in [3.8, 4) is 11.5 Å². The van der Waals surface area contributed by atoms with Crippen molar-refractivity contribution >= 4 is 27.3 Å². The number of methoxy groups -OCH3 is 2. The largest absolute Gasteiger partial charge is 0.493 e. The molecular formula is C26H29N3O5S. The highest BCUT2D eigenvalue weighted by Gasteiger charge is 2.31. The van der Waals surface area contributed by atoms with Gasteiger partial charge in [-0.1, -0.05) is 36.4 Å². The number of piperazine rings is 1. The van der Waals surface area contributed by atoms with E-state index in [1.807, 2.05) is 30.3 Å². The summed E-state index contributed by atoms with van der Waals surface area (Å²) in [4.78, 5) is 17.2. The zero-order chi connectivity index (χ0) is 24.8. The molecule has 0 radical (unpaired) electrons. The Hall–Kier alpha value is -3.72. The van der Waals surface area contributed by atoms with E-state index in [-0.39, 0.29) is 17.3 Å². The number of sulfonamides is 1. The van der Waals surface area contributed by atoms with E-state index in [2.05, 4.69) is 4.90 Å². The maximum atomic E-state index is 13.7. The predicted molar refractivity (Wildman–Crippen MR) is 136 cm³/mol. The van der Waals surface area contributed by atoms with Gasteiger partial charge in [-0.2, -0.15) is 0 Å². The number of rotatable bonds is 8. The van der Waals surface area contributed by atoms with Gasteiger partial charge in [0.1, 0.15) is 6.54 Å². The molecule has 0 saturated carbocycles. The second-order valence-corrected chi connectivity index (χ2v) is 9.93. The molecule has 4 rings (SSSR count). The molecule has 0 aliphatic carbocycles. The van der Waals surface area contributed by atoms with Crippen molar-refractivity contribution in [2.24, 2.45) is 0 Å². The fourth-order valence-electron chi connectivity index (χ4n) is 4.09. The molecule has 1 heterocycles. The summed E-state index contributed by atoms with van der Waals surface area (Å²) in [7, 11) is -1.13. The Balaban J connectivity index is 1.56. The molecule has 8 nitrogen and oxygen atoms in total. The summed E-state index contributed by atoms with van der Waals surface area (Å²) in [5.41, 5.74) is 1.53. The highest BCUT2D eigenvalue weighted by molar-refractivity contribution is 7.92. The van der Waals surface area contributed by atoms with Gasteiger partial charge in [-0.25, -0.2) is 8.42 Å². The Morgan fingerprint density at radius 3 is 2.03 bits per heavy atom. The van der Waals surface area contributed by atoms with E-state index >= 15 is 0 Å². The van der Waals surface area contributed by atoms with Crippen molar-refractivity contribution in [1.82, 2.24) is 4.90 Å². The van der Waals surface area contributed by atoms with Gasteiger partial charge in [-0.05, 0) is 36.4 Å². The van der Waals surface area contributed by atoms with Crippen LogP contribution in [0.3, 0.4) is 0 Å². The molecule has 3 aromatic carbocycles. The van der Waals surface area contributed by atoms with Crippen LogP contribution in [0.25, 0.3) is 0 Å². The SMILES string of the molecule is COc1ccc(S(=O)(=O)N(CC(=O)N2CCN(c3ccccc3)CC2)c2ccccc2)cc1OC. The van der Waals surface area contributed by atoms with Crippen LogP contribution in [0.15, 0.2) is 83.8 Å². The average molecular weight is 496 g/mol. The van der Waals surface area contributed by atoms with Gasteiger partial charge in [0, 0.05) is 37.9 Å². The first-order chi connectivity index (χ1) is 16.9. The molecule has 0 N–H and O–H groups in total. The molecule has 9 heteroatoms. The number of para-hydroxylation sites is 2. The first-order valence-corrected chi connectivity index (χ1v) is 12.8. The number of benzene rings is 3. The Morgan fingerprint density at radius 1 is 0.829 bits per heavy atom. The predicted octanol–water partition coefficient (Wildman–Crippen LogP) is 3.25. The van der Waals surface area contributed by atoms with Crippen molar-refractivity contribution in [2.45, 2.75) is 4.90 Å². The molecule has 184 valence electrons. The molecule has 3 aromatic rings. The molecule has 1 amide bonds. The van der Waals surface area contributed by atoms with Crippen LogP contribution in [0.4, 0.5) is 11.4 Å². The number of carbonyl (C=O) groups excluding carboxylic acids is 1. The van der Waals surface area contributed by atoms with Gasteiger partial charge >= 0.3 is 0 Å². The first-order valence-electron chi connectivity index (χ1n) is 11.3. The molecule has 0 bridgehead atoms. The van der Waals surface area contributed by atoms with Gasteiger partial charge in [0.05, 0.1) is 24.8 Å². The Bertz CT molecular complexity index is 1240. The van der Waals surface area contributed by atoms with Crippen LogP contribution in [0.1, 0.15) is 0 Å². The van der Waals surface area contributed by atoms with Gasteiger partial charge in [0.2, 0.25) is 5.91 Å². The number of carbonyl (C=O) groups is 1. The highest BCUT2D eigenvalue weighted by Crippen LogP contribution is 2.32. The Kier molecular flexibility index (Phi) is 7.45. The number of nitrogens with zero attached hydrogens (tertiary/aromatic N) is 3. The highest BCUT2D eigenvalue weighted by atomic mass is 32.2. The van der Waals surface area contributed by atoms with E-state index in [4.69, 9.17) is 9.47 Å². The van der Waals surface area contributed by atoms with Gasteiger partial charge in [-0.3, -0.25) is 9.10 Å². The normalized spacial score (nSPS) is 13.9. The van der Waals surface area contributed by atoms with Gasteiger partial charge in [0.25, 0.3) is 10.0 Å². The lowest BCUT2D eigenvalue weighted by Gasteiger charge is -2.37. The fraction of sp³-hybridized carbons (Fsp3) is 0.269. The van der Waals surface area contributed by atoms with E-state index < -0.39 is 10.0 Å². The second-order valence-electron chi connectivity index (χ2n) is 8.07. The molecule has 0 atom stereocenters. The summed E-state index contributed by atoms with van der Waals surface area (Å²) in [6.07, 6.45) is 0. The summed E-state index contributed by atoms with van der Waals surface area (Å²) in [6, 6.07) is 23.1. The molecule has 0 spiro atoms. The standard InChI is InChI=1S/C26H29N3O5S/c1-33-24-14-13-23(19-25(24)34-2)35(31,32)29(22-11-7-4-8-12-22)20-26(30)28-17-15-27(16-18-28)21-9-5-3-6-10-21/h3-14,19H,15-18,20H2,1-2H3. The quantitative estimate of drug-likeness (QED) is 0.477. The van der Waals surface area contributed by atoms with E-state index in [0.717, 1.165) is 9.99 Å². The smallest absolute Gasteiger partial charge is 0.264 e. The second kappa shape index (κ2) is 10.7. The van der Waals surface area contributed by atoms with Crippen molar-refractivity contribution in [3.63, 3.8) is 0 Å². The van der Waals surface area contributed by atoms with Crippen molar-refractivity contribution < 1.29 is 22.7 Å². The first kappa shape index (κ1) is 24.4. The summed E-state index contributed by atoms with van der Waals surface area (Å²) >= 11 is 0. The number of amides is 1. The van der Waals surface area contributed by atoms with Crippen LogP contribution in [0.2, 0.25) is 0 Å². The van der Waals surface area contributed by atoms with E-state index in [1.54, 1.807) is 41.3 Å². The Labute approximate surface area is 206 Å². The molecule has 1 fully saturated rings. The summed E-state index contributed by atoms with van der Waals surface area (Å²) in [5.74, 6) is 0.473.